The maximum Gasteiger partial charge on any atom is 0.306 e. The number of Topliss-reactive ketones (excluding diaryl/α,β-unsaturated/α-hetero) is 1. The number of ether oxygens (including phenoxy) is 1. The molecule has 3 saturated carbocycles. The number of allylic oxidation sites excluding steroid dienone is 1. The third kappa shape index (κ3) is 7.74. The average molecular weight is 723 g/mol. The number of amides is 2. The number of carboxylic acid groups (broad SMARTS) is 1. The number of ketones is 2. The van der Waals surface area contributed by atoms with Crippen molar-refractivity contribution in [2.75, 3.05) is 13.2 Å². The number of hydrogen-bond donors (Lipinski definition) is 5. The number of carboxylic acids is 1. The Bertz CT molecular complexity index is 1590. The van der Waals surface area contributed by atoms with Crippen molar-refractivity contribution < 1.29 is 48.8 Å². The summed E-state index contributed by atoms with van der Waals surface area (Å²) < 4.78 is 5.27. The normalized spacial score (nSPS) is 32.0. The van der Waals surface area contributed by atoms with E-state index in [1.165, 1.54) is 0 Å². The van der Waals surface area contributed by atoms with Gasteiger partial charge in [-0.2, -0.15) is 0 Å². The molecule has 1 aromatic carbocycles. The molecule has 2 amide bonds. The largest absolute Gasteiger partial charge is 0.481 e. The van der Waals surface area contributed by atoms with Crippen molar-refractivity contribution in [3.63, 3.8) is 0 Å². The topological polar surface area (TPSA) is 196 Å². The average Bonchev–Trinajstić information content (AvgIpc) is 3.37. The maximum absolute atomic E-state index is 13.6. The summed E-state index contributed by atoms with van der Waals surface area (Å²) in [5.74, 6) is -4.12. The van der Waals surface area contributed by atoms with E-state index in [0.717, 1.165) is 24.0 Å². The number of esters is 1. The molecule has 4 aliphatic rings. The van der Waals surface area contributed by atoms with Crippen LogP contribution in [-0.4, -0.2) is 81.5 Å². The van der Waals surface area contributed by atoms with Gasteiger partial charge in [0, 0.05) is 30.7 Å². The first-order valence-electron chi connectivity index (χ1n) is 18.7. The van der Waals surface area contributed by atoms with Crippen LogP contribution in [0.5, 0.6) is 0 Å². The van der Waals surface area contributed by atoms with Crippen LogP contribution in [0.1, 0.15) is 103 Å². The Morgan fingerprint density at radius 3 is 2.38 bits per heavy atom. The van der Waals surface area contributed by atoms with E-state index in [1.807, 2.05) is 13.0 Å². The first-order valence-corrected chi connectivity index (χ1v) is 18.7. The van der Waals surface area contributed by atoms with E-state index in [1.54, 1.807) is 44.2 Å². The van der Waals surface area contributed by atoms with Gasteiger partial charge in [-0.3, -0.25) is 28.8 Å². The molecule has 1 aromatic rings. The molecule has 3 fully saturated rings. The second-order valence-electron chi connectivity index (χ2n) is 16.3. The monoisotopic (exact) mass is 722 g/mol. The van der Waals surface area contributed by atoms with Crippen molar-refractivity contribution in [2.45, 2.75) is 116 Å². The third-order valence-corrected chi connectivity index (χ3v) is 12.9. The quantitative estimate of drug-likeness (QED) is 0.177. The summed E-state index contributed by atoms with van der Waals surface area (Å²) in [5, 5.41) is 38.3. The summed E-state index contributed by atoms with van der Waals surface area (Å²) in [6, 6.07) is 8.04. The van der Waals surface area contributed by atoms with E-state index >= 15 is 0 Å². The van der Waals surface area contributed by atoms with Crippen molar-refractivity contribution in [1.29, 1.82) is 0 Å². The van der Waals surface area contributed by atoms with Gasteiger partial charge >= 0.3 is 11.9 Å². The highest BCUT2D eigenvalue weighted by molar-refractivity contribution is 5.93. The van der Waals surface area contributed by atoms with Gasteiger partial charge in [-0.1, -0.05) is 63.6 Å². The van der Waals surface area contributed by atoms with Crippen LogP contribution >= 0.6 is 0 Å². The third-order valence-electron chi connectivity index (χ3n) is 12.9. The highest BCUT2D eigenvalue weighted by Crippen LogP contribution is 2.67. The molecule has 0 unspecified atom stereocenters. The Morgan fingerprint density at radius 1 is 1.00 bits per heavy atom. The number of carbonyl (C=O) groups excluding carboxylic acids is 5. The molecule has 5 rings (SSSR count). The fourth-order valence-electron chi connectivity index (χ4n) is 10.1. The van der Waals surface area contributed by atoms with Gasteiger partial charge in [0.05, 0.1) is 18.9 Å². The smallest absolute Gasteiger partial charge is 0.306 e. The number of hydrogen-bond acceptors (Lipinski definition) is 9. The van der Waals surface area contributed by atoms with Crippen LogP contribution in [-0.2, 0) is 33.5 Å². The Balaban J connectivity index is 1.12. The molecule has 52 heavy (non-hydrogen) atoms. The number of fused-ring (bicyclic) bond motifs is 5. The predicted molar refractivity (Wildman–Crippen MR) is 189 cm³/mol. The zero-order valence-electron chi connectivity index (χ0n) is 30.7. The van der Waals surface area contributed by atoms with Gasteiger partial charge < -0.3 is 30.7 Å². The molecule has 0 spiro atoms. The molecule has 4 aliphatic carbocycles. The summed E-state index contributed by atoms with van der Waals surface area (Å²) in [7, 11) is 0. The number of nitrogens with one attached hydrogen (secondary N) is 2. The van der Waals surface area contributed by atoms with Crippen LogP contribution in [0.15, 0.2) is 42.0 Å². The van der Waals surface area contributed by atoms with E-state index in [2.05, 4.69) is 17.6 Å². The molecular formula is C40H54N2O10. The highest BCUT2D eigenvalue weighted by atomic mass is 16.5. The molecular weight excluding hydrogens is 668 g/mol. The van der Waals surface area contributed by atoms with E-state index in [9.17, 15) is 44.1 Å². The Kier molecular flexibility index (Phi) is 11.8. The van der Waals surface area contributed by atoms with Crippen LogP contribution in [0.3, 0.4) is 0 Å². The standard InChI is InChI=1S/C40H54N2O10/c1-23(2)36(37(50)41-21-25(18-33(47)48)24-8-6-5-7-9-24)42-32(46)12-13-34(49)52-22-31(45)40(51)17-15-29-28-11-10-26-19-27(43)14-16-38(26,3)35(28)30(44)20-39(29,40)4/h5-9,19,23,25,28-30,35-36,44,51H,10-18,20-22H2,1-4H3,(H,41,50)(H,42,46)(H,47,48)/t25-,28-,29-,30-,35+,36+,38-,39-,40-/m0/s1. The Hall–Kier alpha value is -3.90. The van der Waals surface area contributed by atoms with E-state index in [4.69, 9.17) is 4.74 Å². The van der Waals surface area contributed by atoms with Crippen molar-refractivity contribution >= 4 is 35.3 Å². The van der Waals surface area contributed by atoms with Gasteiger partial charge in [-0.15, -0.1) is 0 Å². The molecule has 0 aromatic heterocycles. The number of aliphatic hydroxyl groups excluding tert-OH is 1. The van der Waals surface area contributed by atoms with Gasteiger partial charge in [-0.05, 0) is 79.3 Å². The fourth-order valence-corrected chi connectivity index (χ4v) is 10.1. The van der Waals surface area contributed by atoms with Crippen LogP contribution < -0.4 is 10.6 Å². The minimum Gasteiger partial charge on any atom is -0.481 e. The molecule has 284 valence electrons. The number of carbonyl (C=O) groups is 6. The van der Waals surface area contributed by atoms with E-state index in [-0.39, 0.29) is 73.5 Å². The van der Waals surface area contributed by atoms with Crippen LogP contribution in [0.2, 0.25) is 0 Å². The first kappa shape index (κ1) is 39.3. The van der Waals surface area contributed by atoms with Crippen molar-refractivity contribution in [1.82, 2.24) is 10.6 Å². The van der Waals surface area contributed by atoms with Gasteiger partial charge in [0.2, 0.25) is 17.6 Å². The zero-order chi connectivity index (χ0) is 38.0. The second kappa shape index (κ2) is 15.6. The lowest BCUT2D eigenvalue weighted by Crippen LogP contribution is -2.62. The molecule has 12 heteroatoms. The summed E-state index contributed by atoms with van der Waals surface area (Å²) >= 11 is 0. The summed E-state index contributed by atoms with van der Waals surface area (Å²) in [5.41, 5.74) is -1.13. The Labute approximate surface area is 305 Å². The van der Waals surface area contributed by atoms with Gasteiger partial charge in [0.25, 0.3) is 0 Å². The van der Waals surface area contributed by atoms with Gasteiger partial charge in [0.15, 0.2) is 12.4 Å². The fraction of sp³-hybridized carbons (Fsp3) is 0.650. The van der Waals surface area contributed by atoms with Gasteiger partial charge in [-0.25, -0.2) is 0 Å². The van der Waals surface area contributed by atoms with Crippen LogP contribution in [0.4, 0.5) is 0 Å². The minimum atomic E-state index is -1.79. The lowest BCUT2D eigenvalue weighted by molar-refractivity contribution is -0.184. The second-order valence-corrected chi connectivity index (χ2v) is 16.3. The lowest BCUT2D eigenvalue weighted by atomic mass is 9.45. The molecule has 0 saturated heterocycles. The predicted octanol–water partition coefficient (Wildman–Crippen LogP) is 3.63. The van der Waals surface area contributed by atoms with Gasteiger partial charge in [0.1, 0.15) is 11.6 Å². The van der Waals surface area contributed by atoms with Crippen molar-refractivity contribution in [3.05, 3.63) is 47.5 Å². The SMILES string of the molecule is CC(C)[C@@H](NC(=O)CCC(=O)OCC(=O)[C@@]1(O)CC[C@H]2[C@@H]3CCC4=CC(=O)CC[C@]4(C)[C@H]3[C@@H](O)C[C@@]21C)C(=O)NC[C@H](CC(=O)O)c1ccccc1. The lowest BCUT2D eigenvalue weighted by Gasteiger charge is -2.60. The highest BCUT2D eigenvalue weighted by Gasteiger charge is 2.68. The van der Waals surface area contributed by atoms with E-state index < -0.39 is 65.2 Å². The number of rotatable bonds is 14. The molecule has 0 aliphatic heterocycles. The van der Waals surface area contributed by atoms with Crippen molar-refractivity contribution in [2.24, 2.45) is 34.5 Å². The summed E-state index contributed by atoms with van der Waals surface area (Å²) in [4.78, 5) is 75.8. The molecule has 12 nitrogen and oxygen atoms in total. The summed E-state index contributed by atoms with van der Waals surface area (Å²) in [6.07, 6.45) is 3.86. The number of aliphatic carboxylic acids is 1. The van der Waals surface area contributed by atoms with Crippen LogP contribution in [0.25, 0.3) is 0 Å². The minimum absolute atomic E-state index is 0.0160. The zero-order valence-corrected chi connectivity index (χ0v) is 30.7. The summed E-state index contributed by atoms with van der Waals surface area (Å²) in [6.45, 7) is 6.90. The molecule has 5 N–H and O–H groups in total. The first-order chi connectivity index (χ1) is 24.5. The molecule has 0 heterocycles. The molecule has 0 radical (unpaired) electrons. The maximum atomic E-state index is 13.6. The van der Waals surface area contributed by atoms with Crippen LogP contribution in [0, 0.1) is 34.5 Å². The van der Waals surface area contributed by atoms with E-state index in [0.29, 0.717) is 19.3 Å². The van der Waals surface area contributed by atoms with Crippen molar-refractivity contribution in [3.8, 4) is 0 Å². The number of benzene rings is 1. The number of aliphatic hydroxyl groups is 2. The molecule has 9 atom stereocenters. The molecule has 0 bridgehead atoms. The Morgan fingerprint density at radius 2 is 1.71 bits per heavy atom.